The average molecular weight is 200 g/mol. The molecule has 14 heavy (non-hydrogen) atoms. The Balaban J connectivity index is 3.47. The number of carbonyl (C=O) groups is 1. The summed E-state index contributed by atoms with van der Waals surface area (Å²) in [7, 11) is 1.34. The zero-order valence-corrected chi connectivity index (χ0v) is 9.03. The second kappa shape index (κ2) is 8.75. The molecule has 1 atom stereocenters. The Morgan fingerprint density at radius 3 is 2.79 bits per heavy atom. The number of hydrogen-bond acceptors (Lipinski definition) is 3. The Morgan fingerprint density at radius 2 is 2.21 bits per heavy atom. The van der Waals surface area contributed by atoms with E-state index in [1.807, 2.05) is 0 Å². The van der Waals surface area contributed by atoms with Gasteiger partial charge in [0.25, 0.3) is 0 Å². The van der Waals surface area contributed by atoms with Gasteiger partial charge in [-0.3, -0.25) is 0 Å². The van der Waals surface area contributed by atoms with Crippen LogP contribution in [0.4, 0.5) is 0 Å². The number of ether oxygens (including phenoxy) is 1. The lowest BCUT2D eigenvalue weighted by molar-refractivity contribution is -0.134. The summed E-state index contributed by atoms with van der Waals surface area (Å²) in [6, 6.07) is 0. The highest BCUT2D eigenvalue weighted by atomic mass is 16.5. The lowest BCUT2D eigenvalue weighted by atomic mass is 10.1. The van der Waals surface area contributed by atoms with Crippen LogP contribution in [-0.2, 0) is 9.53 Å². The molecule has 0 heterocycles. The van der Waals surface area contributed by atoms with Gasteiger partial charge < -0.3 is 9.84 Å². The quantitative estimate of drug-likeness (QED) is 0.388. The van der Waals surface area contributed by atoms with Gasteiger partial charge in [-0.2, -0.15) is 0 Å². The third kappa shape index (κ3) is 7.80. The third-order valence-electron chi connectivity index (χ3n) is 2.00. The van der Waals surface area contributed by atoms with Gasteiger partial charge in [0.1, 0.15) is 0 Å². The van der Waals surface area contributed by atoms with Gasteiger partial charge in [-0.1, -0.05) is 32.3 Å². The van der Waals surface area contributed by atoms with Gasteiger partial charge >= 0.3 is 5.97 Å². The van der Waals surface area contributed by atoms with Crippen molar-refractivity contribution in [1.29, 1.82) is 0 Å². The van der Waals surface area contributed by atoms with Crippen LogP contribution in [0.1, 0.15) is 39.0 Å². The van der Waals surface area contributed by atoms with Crippen molar-refractivity contribution in [2.45, 2.75) is 45.1 Å². The molecule has 0 aliphatic rings. The molecule has 0 amide bonds. The molecule has 3 heteroatoms. The van der Waals surface area contributed by atoms with Crippen LogP contribution in [0.3, 0.4) is 0 Å². The summed E-state index contributed by atoms with van der Waals surface area (Å²) in [6.45, 7) is 2.13. The van der Waals surface area contributed by atoms with Gasteiger partial charge in [0.15, 0.2) is 0 Å². The first-order chi connectivity index (χ1) is 6.70. The Hall–Kier alpha value is -0.830. The van der Waals surface area contributed by atoms with E-state index in [9.17, 15) is 9.90 Å². The highest BCUT2D eigenvalue weighted by molar-refractivity contribution is 5.81. The van der Waals surface area contributed by atoms with Crippen molar-refractivity contribution in [3.05, 3.63) is 12.2 Å². The number of unbranched alkanes of at least 4 members (excludes halogenated alkanes) is 2. The summed E-state index contributed by atoms with van der Waals surface area (Å²) in [6.07, 6.45) is 7.36. The number of carbonyl (C=O) groups excluding carboxylic acids is 1. The number of aliphatic hydroxyl groups excluding tert-OH is 1. The molecule has 0 unspecified atom stereocenters. The maximum Gasteiger partial charge on any atom is 0.330 e. The first kappa shape index (κ1) is 13.2. The van der Waals surface area contributed by atoms with Crippen LogP contribution < -0.4 is 0 Å². The van der Waals surface area contributed by atoms with Crippen molar-refractivity contribution in [2.75, 3.05) is 7.11 Å². The summed E-state index contributed by atoms with van der Waals surface area (Å²) in [5, 5.41) is 9.46. The van der Waals surface area contributed by atoms with Gasteiger partial charge in [0, 0.05) is 6.08 Å². The molecule has 0 rings (SSSR count). The summed E-state index contributed by atoms with van der Waals surface area (Å²) < 4.78 is 4.42. The SMILES string of the molecule is CCCCC[C@H](O)C/C=C/C(=O)OC. The fraction of sp³-hybridized carbons (Fsp3) is 0.727. The first-order valence-corrected chi connectivity index (χ1v) is 5.13. The molecule has 0 bridgehead atoms. The van der Waals surface area contributed by atoms with Gasteiger partial charge in [0.2, 0.25) is 0 Å². The summed E-state index contributed by atoms with van der Waals surface area (Å²) in [5.74, 6) is -0.370. The fourth-order valence-corrected chi connectivity index (χ4v) is 1.14. The minimum atomic E-state index is -0.370. The van der Waals surface area contributed by atoms with Crippen molar-refractivity contribution in [1.82, 2.24) is 0 Å². The molecule has 0 aromatic heterocycles. The minimum Gasteiger partial charge on any atom is -0.466 e. The highest BCUT2D eigenvalue weighted by Gasteiger charge is 2.01. The molecule has 3 nitrogen and oxygen atoms in total. The molecular formula is C11H20O3. The van der Waals surface area contributed by atoms with Gasteiger partial charge in [0.05, 0.1) is 13.2 Å². The summed E-state index contributed by atoms with van der Waals surface area (Å²) in [5.41, 5.74) is 0. The van der Waals surface area contributed by atoms with Crippen LogP contribution in [-0.4, -0.2) is 24.3 Å². The summed E-state index contributed by atoms with van der Waals surface area (Å²) in [4.78, 5) is 10.7. The van der Waals surface area contributed by atoms with Crippen LogP contribution in [0.15, 0.2) is 12.2 Å². The molecule has 0 aliphatic carbocycles. The van der Waals surface area contributed by atoms with Crippen LogP contribution in [0.25, 0.3) is 0 Å². The van der Waals surface area contributed by atoms with E-state index >= 15 is 0 Å². The molecule has 0 aromatic carbocycles. The van der Waals surface area contributed by atoms with Crippen molar-refractivity contribution < 1.29 is 14.6 Å². The van der Waals surface area contributed by atoms with E-state index in [-0.39, 0.29) is 12.1 Å². The van der Waals surface area contributed by atoms with Crippen molar-refractivity contribution >= 4 is 5.97 Å². The maximum absolute atomic E-state index is 10.7. The van der Waals surface area contributed by atoms with E-state index < -0.39 is 0 Å². The van der Waals surface area contributed by atoms with Gasteiger partial charge in [-0.25, -0.2) is 4.79 Å². The van der Waals surface area contributed by atoms with Crippen molar-refractivity contribution in [3.8, 4) is 0 Å². The molecule has 0 aromatic rings. The van der Waals surface area contributed by atoms with Crippen molar-refractivity contribution in [2.24, 2.45) is 0 Å². The topological polar surface area (TPSA) is 46.5 Å². The number of hydrogen-bond donors (Lipinski definition) is 1. The Bertz CT molecular complexity index is 175. The maximum atomic E-state index is 10.7. The lowest BCUT2D eigenvalue weighted by Crippen LogP contribution is -2.04. The molecule has 0 fully saturated rings. The monoisotopic (exact) mass is 200 g/mol. The number of rotatable bonds is 7. The predicted molar refractivity (Wildman–Crippen MR) is 55.9 cm³/mol. The van der Waals surface area contributed by atoms with Gasteiger partial charge in [-0.15, -0.1) is 0 Å². The van der Waals surface area contributed by atoms with Crippen LogP contribution >= 0.6 is 0 Å². The lowest BCUT2D eigenvalue weighted by Gasteiger charge is -2.06. The average Bonchev–Trinajstić information content (AvgIpc) is 2.18. The van der Waals surface area contributed by atoms with E-state index in [0.717, 1.165) is 25.7 Å². The zero-order chi connectivity index (χ0) is 10.8. The standard InChI is InChI=1S/C11H20O3/c1-3-4-5-7-10(12)8-6-9-11(13)14-2/h6,9-10,12H,3-5,7-8H2,1-2H3/b9-6+/t10-/m0/s1. The summed E-state index contributed by atoms with van der Waals surface area (Å²) >= 11 is 0. The molecule has 0 radical (unpaired) electrons. The van der Waals surface area contributed by atoms with Crippen molar-refractivity contribution in [3.63, 3.8) is 0 Å². The van der Waals surface area contributed by atoms with E-state index in [2.05, 4.69) is 11.7 Å². The minimum absolute atomic E-state index is 0.331. The number of methoxy groups -OCH3 is 1. The van der Waals surface area contributed by atoms with E-state index in [1.165, 1.54) is 13.2 Å². The number of esters is 1. The van der Waals surface area contributed by atoms with Gasteiger partial charge in [-0.05, 0) is 12.8 Å². The zero-order valence-electron chi connectivity index (χ0n) is 9.03. The van der Waals surface area contributed by atoms with Crippen LogP contribution in [0.2, 0.25) is 0 Å². The second-order valence-electron chi connectivity index (χ2n) is 3.31. The van der Waals surface area contributed by atoms with E-state index in [1.54, 1.807) is 6.08 Å². The first-order valence-electron chi connectivity index (χ1n) is 5.13. The molecule has 82 valence electrons. The Kier molecular flexibility index (Phi) is 8.24. The molecule has 0 aliphatic heterocycles. The molecule has 0 spiro atoms. The second-order valence-corrected chi connectivity index (χ2v) is 3.31. The van der Waals surface area contributed by atoms with Crippen LogP contribution in [0, 0.1) is 0 Å². The van der Waals surface area contributed by atoms with E-state index in [4.69, 9.17) is 0 Å². The van der Waals surface area contributed by atoms with E-state index in [0.29, 0.717) is 6.42 Å². The molecule has 0 saturated carbocycles. The molecule has 0 saturated heterocycles. The molecular weight excluding hydrogens is 180 g/mol. The fourth-order valence-electron chi connectivity index (χ4n) is 1.14. The Morgan fingerprint density at radius 1 is 1.50 bits per heavy atom. The Labute approximate surface area is 85.8 Å². The smallest absolute Gasteiger partial charge is 0.330 e. The normalized spacial score (nSPS) is 13.1. The third-order valence-corrected chi connectivity index (χ3v) is 2.00. The number of aliphatic hydroxyl groups is 1. The predicted octanol–water partition coefficient (Wildman–Crippen LogP) is 2.05. The van der Waals surface area contributed by atoms with Crippen LogP contribution in [0.5, 0.6) is 0 Å². The highest BCUT2D eigenvalue weighted by Crippen LogP contribution is 2.06. The molecule has 1 N–H and O–H groups in total. The largest absolute Gasteiger partial charge is 0.466 e.